The van der Waals surface area contributed by atoms with E-state index in [0.29, 0.717) is 43.2 Å². The summed E-state index contributed by atoms with van der Waals surface area (Å²) >= 11 is 8.29. The van der Waals surface area contributed by atoms with Crippen LogP contribution in [-0.2, 0) is 9.53 Å². The molecule has 0 spiro atoms. The number of hydrogen-bond acceptors (Lipinski definition) is 7. The summed E-state index contributed by atoms with van der Waals surface area (Å²) in [4.78, 5) is 32.7. The van der Waals surface area contributed by atoms with Crippen molar-refractivity contribution < 1.29 is 19.0 Å². The van der Waals surface area contributed by atoms with Crippen molar-refractivity contribution in [2.24, 2.45) is 4.99 Å². The number of esters is 1. The van der Waals surface area contributed by atoms with Crippen LogP contribution < -0.4 is 24.4 Å². The molecule has 0 unspecified atom stereocenters. The van der Waals surface area contributed by atoms with Crippen LogP contribution in [0.15, 0.2) is 78.5 Å². The van der Waals surface area contributed by atoms with Crippen molar-refractivity contribution in [3.05, 3.63) is 99.6 Å². The summed E-state index contributed by atoms with van der Waals surface area (Å²) in [5, 5.41) is 1.82. The van der Waals surface area contributed by atoms with E-state index in [1.54, 1.807) is 38.7 Å². The second-order valence-electron chi connectivity index (χ2n) is 8.71. The summed E-state index contributed by atoms with van der Waals surface area (Å²) < 4.78 is 20.4. The van der Waals surface area contributed by atoms with Crippen LogP contribution in [0.2, 0.25) is 0 Å². The lowest BCUT2D eigenvalue weighted by molar-refractivity contribution is -0.139. The lowest BCUT2D eigenvalue weighted by atomic mass is 9.90. The lowest BCUT2D eigenvalue weighted by Gasteiger charge is -2.27. The average Bonchev–Trinajstić information content (AvgIpc) is 3.21. The van der Waals surface area contributed by atoms with Gasteiger partial charge in [-0.25, -0.2) is 9.79 Å². The molecule has 4 aromatic rings. The van der Waals surface area contributed by atoms with Gasteiger partial charge in [0, 0.05) is 15.6 Å². The second-order valence-corrected chi connectivity index (χ2v) is 11.5. The van der Waals surface area contributed by atoms with E-state index < -0.39 is 12.0 Å². The number of carbonyl (C=O) groups is 1. The van der Waals surface area contributed by atoms with Crippen molar-refractivity contribution in [3.63, 3.8) is 0 Å². The summed E-state index contributed by atoms with van der Waals surface area (Å²) in [6, 6.07) is 14.6. The second kappa shape index (κ2) is 11.1. The van der Waals surface area contributed by atoms with Crippen LogP contribution in [0.1, 0.15) is 31.0 Å². The van der Waals surface area contributed by atoms with E-state index >= 15 is 0 Å². The largest absolute Gasteiger partial charge is 0.496 e. The molecule has 7 nitrogen and oxygen atoms in total. The van der Waals surface area contributed by atoms with Gasteiger partial charge in [0.1, 0.15) is 17.5 Å². The van der Waals surface area contributed by atoms with Crippen LogP contribution in [0.4, 0.5) is 0 Å². The maximum Gasteiger partial charge on any atom is 0.338 e. The fourth-order valence-electron chi connectivity index (χ4n) is 4.84. The summed E-state index contributed by atoms with van der Waals surface area (Å²) in [5.74, 6) is 0.632. The third kappa shape index (κ3) is 4.85. The zero-order valence-corrected chi connectivity index (χ0v) is 25.6. The zero-order valence-electron chi connectivity index (χ0n) is 21.6. The highest BCUT2D eigenvalue weighted by atomic mass is 79.9. The number of allylic oxidation sites excluding steroid dienone is 1. The summed E-state index contributed by atoms with van der Waals surface area (Å²) in [5.41, 5.74) is 1.91. The first-order chi connectivity index (χ1) is 18.8. The normalized spacial score (nSPS) is 15.2. The Balaban J connectivity index is 1.86. The van der Waals surface area contributed by atoms with Crippen molar-refractivity contribution in [3.8, 4) is 11.5 Å². The minimum atomic E-state index is -0.806. The minimum absolute atomic E-state index is 0.191. The smallest absolute Gasteiger partial charge is 0.338 e. The summed E-state index contributed by atoms with van der Waals surface area (Å²) in [6.07, 6.45) is 1.78. The molecule has 10 heteroatoms. The van der Waals surface area contributed by atoms with Gasteiger partial charge in [-0.1, -0.05) is 57.6 Å². The van der Waals surface area contributed by atoms with Gasteiger partial charge < -0.3 is 14.2 Å². The number of hydrogen-bond donors (Lipinski definition) is 0. The van der Waals surface area contributed by atoms with Crippen LogP contribution in [0.5, 0.6) is 11.5 Å². The first-order valence-corrected chi connectivity index (χ1v) is 14.5. The molecular weight excluding hydrogens is 648 g/mol. The molecule has 0 saturated heterocycles. The maximum absolute atomic E-state index is 14.1. The zero-order chi connectivity index (χ0) is 27.8. The molecule has 39 heavy (non-hydrogen) atoms. The van der Waals surface area contributed by atoms with Crippen molar-refractivity contribution in [2.75, 3.05) is 20.8 Å². The Hall–Kier alpha value is -3.21. The number of carbonyl (C=O) groups excluding carboxylic acids is 1. The average molecular weight is 672 g/mol. The van der Waals surface area contributed by atoms with Gasteiger partial charge in [-0.05, 0) is 64.8 Å². The molecule has 0 amide bonds. The van der Waals surface area contributed by atoms with Crippen LogP contribution in [0.25, 0.3) is 16.8 Å². The van der Waals surface area contributed by atoms with E-state index in [2.05, 4.69) is 31.9 Å². The highest BCUT2D eigenvalue weighted by molar-refractivity contribution is 9.11. The van der Waals surface area contributed by atoms with Gasteiger partial charge in [0.2, 0.25) is 0 Å². The molecule has 0 bridgehead atoms. The van der Waals surface area contributed by atoms with Crippen LogP contribution in [0, 0.1) is 0 Å². The molecule has 0 radical (unpaired) electrons. The van der Waals surface area contributed by atoms with Gasteiger partial charge in [0.25, 0.3) is 5.56 Å². The first-order valence-electron chi connectivity index (χ1n) is 12.1. The van der Waals surface area contributed by atoms with Gasteiger partial charge in [0.05, 0.1) is 41.1 Å². The van der Waals surface area contributed by atoms with E-state index in [4.69, 9.17) is 19.2 Å². The summed E-state index contributed by atoms with van der Waals surface area (Å²) in [7, 11) is 3.16. The number of rotatable bonds is 6. The van der Waals surface area contributed by atoms with Gasteiger partial charge >= 0.3 is 5.97 Å². The Kier molecular flexibility index (Phi) is 7.80. The molecule has 200 valence electrons. The van der Waals surface area contributed by atoms with E-state index in [0.717, 1.165) is 19.7 Å². The Bertz CT molecular complexity index is 1840. The minimum Gasteiger partial charge on any atom is -0.496 e. The molecule has 3 aromatic carbocycles. The van der Waals surface area contributed by atoms with Gasteiger partial charge in [0.15, 0.2) is 4.80 Å². The number of halogens is 2. The molecule has 5 rings (SSSR count). The number of ether oxygens (including phenoxy) is 3. The number of aromatic nitrogens is 1. The van der Waals surface area contributed by atoms with Crippen molar-refractivity contribution in [1.29, 1.82) is 0 Å². The molecule has 1 aliphatic rings. The predicted octanol–water partition coefficient (Wildman–Crippen LogP) is 5.49. The van der Waals surface area contributed by atoms with Crippen molar-refractivity contribution in [1.82, 2.24) is 4.57 Å². The summed E-state index contributed by atoms with van der Waals surface area (Å²) in [6.45, 7) is 3.71. The third-order valence-electron chi connectivity index (χ3n) is 6.47. The highest BCUT2D eigenvalue weighted by Gasteiger charge is 2.36. The van der Waals surface area contributed by atoms with Crippen LogP contribution in [0.3, 0.4) is 0 Å². The fraction of sp³-hybridized carbons (Fsp3) is 0.207. The predicted molar refractivity (Wildman–Crippen MR) is 159 cm³/mol. The SMILES string of the molecule is CCOC(=O)C1=C(C)N=c2s/c(=C\c3cc(Br)cc(Br)c3OC)c(=O)n2[C@H]1c1c(OC)ccc2ccccc12. The van der Waals surface area contributed by atoms with E-state index in [1.165, 1.54) is 11.3 Å². The molecule has 1 aromatic heterocycles. The van der Waals surface area contributed by atoms with Gasteiger partial charge in [-0.15, -0.1) is 0 Å². The number of benzene rings is 3. The van der Waals surface area contributed by atoms with E-state index in [9.17, 15) is 9.59 Å². The number of methoxy groups -OCH3 is 2. The molecule has 0 N–H and O–H groups in total. The van der Waals surface area contributed by atoms with Crippen LogP contribution in [-0.4, -0.2) is 31.4 Å². The topological polar surface area (TPSA) is 79.1 Å². The molecule has 1 atom stereocenters. The Morgan fingerprint density at radius 2 is 1.90 bits per heavy atom. The first kappa shape index (κ1) is 27.4. The number of fused-ring (bicyclic) bond motifs is 2. The Morgan fingerprint density at radius 3 is 2.62 bits per heavy atom. The molecule has 0 aliphatic carbocycles. The fourth-order valence-corrected chi connectivity index (χ4v) is 7.30. The number of nitrogens with zero attached hydrogens (tertiary/aromatic N) is 2. The van der Waals surface area contributed by atoms with Crippen molar-refractivity contribution in [2.45, 2.75) is 19.9 Å². The van der Waals surface area contributed by atoms with E-state index in [1.807, 2.05) is 48.5 Å². The molecule has 1 aliphatic heterocycles. The molecular formula is C29H24Br2N2O5S. The van der Waals surface area contributed by atoms with E-state index in [-0.39, 0.29) is 12.2 Å². The van der Waals surface area contributed by atoms with Gasteiger partial charge in [-0.2, -0.15) is 0 Å². The quantitative estimate of drug-likeness (QED) is 0.253. The third-order valence-corrected chi connectivity index (χ3v) is 8.50. The standard InChI is InChI=1S/C29H24Br2N2O5S/c1-5-38-28(35)23-15(2)32-29-33(25(23)24-19-9-7-6-8-16(19)10-11-21(24)36-3)27(34)22(39-29)13-17-12-18(30)14-20(31)26(17)37-4/h6-14,25H,5H2,1-4H3/b22-13-/t25-/m1/s1. The molecule has 0 saturated carbocycles. The maximum atomic E-state index is 14.1. The monoisotopic (exact) mass is 670 g/mol. The lowest BCUT2D eigenvalue weighted by Crippen LogP contribution is -2.40. The van der Waals surface area contributed by atoms with Crippen LogP contribution >= 0.6 is 43.2 Å². The molecule has 2 heterocycles. The van der Waals surface area contributed by atoms with Gasteiger partial charge in [-0.3, -0.25) is 9.36 Å². The van der Waals surface area contributed by atoms with Crippen molar-refractivity contribution >= 4 is 66.0 Å². The Labute approximate surface area is 245 Å². The highest BCUT2D eigenvalue weighted by Crippen LogP contribution is 2.40. The molecule has 0 fully saturated rings. The number of thiazole rings is 1. The Morgan fingerprint density at radius 1 is 1.13 bits per heavy atom.